The fourth-order valence-corrected chi connectivity index (χ4v) is 4.07. The van der Waals surface area contributed by atoms with E-state index in [2.05, 4.69) is 24.1 Å². The number of piperazine rings is 1. The number of likely N-dealkylation sites (N-methyl/N-ethyl adjacent to an activating group) is 1. The van der Waals surface area contributed by atoms with Gasteiger partial charge in [-0.15, -0.1) is 0 Å². The Hall–Kier alpha value is -0.0800. The molecule has 1 unspecified atom stereocenters. The van der Waals surface area contributed by atoms with Crippen molar-refractivity contribution in [1.29, 1.82) is 0 Å². The van der Waals surface area contributed by atoms with E-state index >= 15 is 0 Å². The van der Waals surface area contributed by atoms with E-state index in [1.54, 1.807) is 0 Å². The number of nitrogens with one attached hydrogen (secondary N) is 1. The molecule has 3 rings (SSSR count). The van der Waals surface area contributed by atoms with Gasteiger partial charge in [0, 0.05) is 24.2 Å². The molecular formula is C14H26N2. The van der Waals surface area contributed by atoms with Crippen LogP contribution in [-0.2, 0) is 0 Å². The Morgan fingerprint density at radius 1 is 1.25 bits per heavy atom. The van der Waals surface area contributed by atoms with Gasteiger partial charge in [-0.3, -0.25) is 4.90 Å². The first-order valence-electron chi connectivity index (χ1n) is 7.19. The monoisotopic (exact) mass is 222 g/mol. The highest BCUT2D eigenvalue weighted by molar-refractivity contribution is 5.09. The van der Waals surface area contributed by atoms with Crippen LogP contribution in [0.15, 0.2) is 0 Å². The van der Waals surface area contributed by atoms with E-state index < -0.39 is 0 Å². The van der Waals surface area contributed by atoms with E-state index in [4.69, 9.17) is 0 Å². The van der Waals surface area contributed by atoms with Crippen LogP contribution >= 0.6 is 0 Å². The Morgan fingerprint density at radius 3 is 2.50 bits per heavy atom. The lowest BCUT2D eigenvalue weighted by molar-refractivity contribution is 0.00994. The van der Waals surface area contributed by atoms with Gasteiger partial charge in [0.25, 0.3) is 0 Å². The van der Waals surface area contributed by atoms with E-state index in [1.807, 2.05) is 0 Å². The first kappa shape index (κ1) is 11.0. The third kappa shape index (κ3) is 1.62. The summed E-state index contributed by atoms with van der Waals surface area (Å²) >= 11 is 0. The van der Waals surface area contributed by atoms with Gasteiger partial charge in [0.05, 0.1) is 0 Å². The Balaban J connectivity index is 1.76. The highest BCUT2D eigenvalue weighted by Crippen LogP contribution is 2.45. The minimum atomic E-state index is 0.420. The summed E-state index contributed by atoms with van der Waals surface area (Å²) in [7, 11) is 0. The Labute approximate surface area is 99.8 Å². The topological polar surface area (TPSA) is 15.3 Å². The molecule has 2 heteroatoms. The third-order valence-corrected chi connectivity index (χ3v) is 5.41. The molecule has 1 saturated heterocycles. The molecule has 0 bridgehead atoms. The van der Waals surface area contributed by atoms with Gasteiger partial charge in [-0.1, -0.05) is 19.8 Å². The lowest BCUT2D eigenvalue weighted by atomic mass is 9.84. The molecule has 1 aliphatic heterocycles. The van der Waals surface area contributed by atoms with Gasteiger partial charge in [-0.2, -0.15) is 0 Å². The number of hydrogen-bond donors (Lipinski definition) is 1. The quantitative estimate of drug-likeness (QED) is 0.772. The predicted octanol–water partition coefficient (Wildman–Crippen LogP) is 2.39. The van der Waals surface area contributed by atoms with E-state index in [0.717, 1.165) is 5.92 Å². The van der Waals surface area contributed by atoms with E-state index in [1.165, 1.54) is 58.2 Å². The highest BCUT2D eigenvalue weighted by atomic mass is 15.3. The molecule has 2 aliphatic carbocycles. The fourth-order valence-electron chi connectivity index (χ4n) is 4.07. The summed E-state index contributed by atoms with van der Waals surface area (Å²) in [5, 5.41) is 3.91. The molecule has 16 heavy (non-hydrogen) atoms. The smallest absolute Gasteiger partial charge is 0.0334 e. The summed E-state index contributed by atoms with van der Waals surface area (Å²) in [5.74, 6) is 0.959. The van der Waals surface area contributed by atoms with E-state index in [9.17, 15) is 0 Å². The van der Waals surface area contributed by atoms with Crippen molar-refractivity contribution in [3.8, 4) is 0 Å². The molecule has 0 radical (unpaired) electrons. The SMILES string of the molecule is CCN1CC(C)(C2CC2)NCC12CCCC2. The van der Waals surface area contributed by atoms with Crippen LogP contribution in [0.2, 0.25) is 0 Å². The predicted molar refractivity (Wildman–Crippen MR) is 67.6 cm³/mol. The van der Waals surface area contributed by atoms with Crippen LogP contribution in [0.25, 0.3) is 0 Å². The normalized spacial score (nSPS) is 39.4. The molecule has 3 aliphatic rings. The van der Waals surface area contributed by atoms with Gasteiger partial charge in [0.1, 0.15) is 0 Å². The molecule has 0 aromatic heterocycles. The summed E-state index contributed by atoms with van der Waals surface area (Å²) in [6.45, 7) is 8.57. The van der Waals surface area contributed by atoms with Crippen molar-refractivity contribution in [2.75, 3.05) is 19.6 Å². The zero-order chi connectivity index (χ0) is 11.2. The van der Waals surface area contributed by atoms with Crippen LogP contribution in [0.5, 0.6) is 0 Å². The van der Waals surface area contributed by atoms with Gasteiger partial charge < -0.3 is 5.32 Å². The maximum atomic E-state index is 3.91. The molecule has 1 atom stereocenters. The lowest BCUT2D eigenvalue weighted by Crippen LogP contribution is -2.69. The van der Waals surface area contributed by atoms with Gasteiger partial charge in [0.15, 0.2) is 0 Å². The molecule has 2 saturated carbocycles. The zero-order valence-corrected chi connectivity index (χ0v) is 10.9. The average Bonchev–Trinajstić information content (AvgIpc) is 3.05. The summed E-state index contributed by atoms with van der Waals surface area (Å²) in [6.07, 6.45) is 8.64. The molecule has 3 fully saturated rings. The molecular weight excluding hydrogens is 196 g/mol. The maximum absolute atomic E-state index is 3.91. The molecule has 1 heterocycles. The second kappa shape index (κ2) is 3.71. The average molecular weight is 222 g/mol. The minimum Gasteiger partial charge on any atom is -0.308 e. The van der Waals surface area contributed by atoms with E-state index in [0.29, 0.717) is 11.1 Å². The largest absolute Gasteiger partial charge is 0.308 e. The summed E-state index contributed by atoms with van der Waals surface area (Å²) < 4.78 is 0. The van der Waals surface area contributed by atoms with Crippen LogP contribution < -0.4 is 5.32 Å². The lowest BCUT2D eigenvalue weighted by Gasteiger charge is -2.52. The standard InChI is InChI=1S/C14H26N2/c1-3-16-11-13(2,12-6-7-12)15-10-14(16)8-4-5-9-14/h12,15H,3-11H2,1-2H3. The van der Waals surface area contributed by atoms with Gasteiger partial charge >= 0.3 is 0 Å². The van der Waals surface area contributed by atoms with Crippen molar-refractivity contribution < 1.29 is 0 Å². The zero-order valence-electron chi connectivity index (χ0n) is 10.9. The van der Waals surface area contributed by atoms with Crippen molar-refractivity contribution in [3.63, 3.8) is 0 Å². The van der Waals surface area contributed by atoms with Gasteiger partial charge in [-0.05, 0) is 45.1 Å². The second-order valence-electron chi connectivity index (χ2n) is 6.49. The van der Waals surface area contributed by atoms with Crippen LogP contribution in [0.4, 0.5) is 0 Å². The molecule has 1 spiro atoms. The molecule has 0 aromatic rings. The Bertz CT molecular complexity index is 266. The van der Waals surface area contributed by atoms with Gasteiger partial charge in [0.2, 0.25) is 0 Å². The number of nitrogens with zero attached hydrogens (tertiary/aromatic N) is 1. The van der Waals surface area contributed by atoms with Crippen LogP contribution in [0.1, 0.15) is 52.4 Å². The van der Waals surface area contributed by atoms with E-state index in [-0.39, 0.29) is 0 Å². The summed E-state index contributed by atoms with van der Waals surface area (Å²) in [6, 6.07) is 0. The van der Waals surface area contributed by atoms with Crippen molar-refractivity contribution in [1.82, 2.24) is 10.2 Å². The molecule has 92 valence electrons. The molecule has 0 amide bonds. The summed E-state index contributed by atoms with van der Waals surface area (Å²) in [4.78, 5) is 2.80. The van der Waals surface area contributed by atoms with Crippen LogP contribution in [-0.4, -0.2) is 35.6 Å². The highest BCUT2D eigenvalue weighted by Gasteiger charge is 2.51. The van der Waals surface area contributed by atoms with Crippen LogP contribution in [0, 0.1) is 5.92 Å². The first-order valence-corrected chi connectivity index (χ1v) is 7.19. The minimum absolute atomic E-state index is 0.420. The Morgan fingerprint density at radius 2 is 1.94 bits per heavy atom. The van der Waals surface area contributed by atoms with Crippen molar-refractivity contribution in [2.45, 2.75) is 63.5 Å². The van der Waals surface area contributed by atoms with Crippen molar-refractivity contribution in [2.24, 2.45) is 5.92 Å². The summed E-state index contributed by atoms with van der Waals surface area (Å²) in [5.41, 5.74) is 0.951. The molecule has 0 aromatic carbocycles. The maximum Gasteiger partial charge on any atom is 0.0334 e. The Kier molecular flexibility index (Phi) is 2.56. The van der Waals surface area contributed by atoms with Gasteiger partial charge in [-0.25, -0.2) is 0 Å². The van der Waals surface area contributed by atoms with Crippen LogP contribution in [0.3, 0.4) is 0 Å². The second-order valence-corrected chi connectivity index (χ2v) is 6.49. The van der Waals surface area contributed by atoms with Crippen molar-refractivity contribution in [3.05, 3.63) is 0 Å². The molecule has 1 N–H and O–H groups in total. The van der Waals surface area contributed by atoms with Crippen molar-refractivity contribution >= 4 is 0 Å². The fraction of sp³-hybridized carbons (Fsp3) is 1.00. The molecule has 2 nitrogen and oxygen atoms in total. The third-order valence-electron chi connectivity index (χ3n) is 5.41. The number of rotatable bonds is 2. The first-order chi connectivity index (χ1) is 7.69. The number of hydrogen-bond acceptors (Lipinski definition) is 2.